The highest BCUT2D eigenvalue weighted by atomic mass is 127. The van der Waals surface area contributed by atoms with Crippen molar-refractivity contribution in [1.82, 2.24) is 24.9 Å². The second kappa shape index (κ2) is 10.2. The van der Waals surface area contributed by atoms with Crippen LogP contribution in [0.25, 0.3) is 0 Å². The van der Waals surface area contributed by atoms with E-state index in [1.54, 1.807) is 0 Å². The molecule has 28 heavy (non-hydrogen) atoms. The molecule has 0 bridgehead atoms. The molecule has 1 saturated heterocycles. The van der Waals surface area contributed by atoms with Crippen molar-refractivity contribution in [3.63, 3.8) is 0 Å². The third-order valence-electron chi connectivity index (χ3n) is 5.70. The lowest BCUT2D eigenvalue weighted by Gasteiger charge is -2.35. The molecule has 4 rings (SSSR count). The first-order valence-corrected chi connectivity index (χ1v) is 10.6. The van der Waals surface area contributed by atoms with Gasteiger partial charge >= 0.3 is 0 Å². The molecule has 8 heteroatoms. The maximum absolute atomic E-state index is 5.98. The van der Waals surface area contributed by atoms with Gasteiger partial charge < -0.3 is 15.0 Å². The predicted octanol–water partition coefficient (Wildman–Crippen LogP) is 2.25. The summed E-state index contributed by atoms with van der Waals surface area (Å²) in [5, 5.41) is 7.77. The minimum Gasteiger partial charge on any atom is -0.370 e. The maximum atomic E-state index is 5.98. The van der Waals surface area contributed by atoms with Crippen LogP contribution in [-0.4, -0.2) is 77.5 Å². The van der Waals surface area contributed by atoms with Crippen molar-refractivity contribution in [1.29, 1.82) is 0 Å². The molecule has 1 N–H and O–H groups in total. The van der Waals surface area contributed by atoms with E-state index in [0.717, 1.165) is 62.8 Å². The molecular formula is C20H35IN6O. The van der Waals surface area contributed by atoms with Crippen LogP contribution >= 0.6 is 24.0 Å². The molecule has 2 heterocycles. The third-order valence-corrected chi connectivity index (χ3v) is 5.70. The smallest absolute Gasteiger partial charge is 0.194 e. The van der Waals surface area contributed by atoms with Gasteiger partial charge in [0.2, 0.25) is 0 Å². The average molecular weight is 502 g/mol. The number of aryl methyl sites for hydroxylation is 1. The van der Waals surface area contributed by atoms with Crippen LogP contribution in [0.3, 0.4) is 0 Å². The molecule has 7 nitrogen and oxygen atoms in total. The molecule has 1 unspecified atom stereocenters. The summed E-state index contributed by atoms with van der Waals surface area (Å²) in [4.78, 5) is 9.98. The molecule has 0 spiro atoms. The minimum atomic E-state index is 0. The Labute approximate surface area is 185 Å². The molecule has 3 aliphatic rings. The van der Waals surface area contributed by atoms with Gasteiger partial charge in [0.05, 0.1) is 25.9 Å². The second-order valence-corrected chi connectivity index (χ2v) is 8.16. The van der Waals surface area contributed by atoms with Gasteiger partial charge in [-0.05, 0) is 38.5 Å². The Balaban J connectivity index is 0.00000225. The molecular weight excluding hydrogens is 467 g/mol. The Hall–Kier alpha value is -0.870. The molecule has 1 aromatic heterocycles. The van der Waals surface area contributed by atoms with E-state index in [1.165, 1.54) is 32.2 Å². The summed E-state index contributed by atoms with van der Waals surface area (Å²) < 4.78 is 7.82. The lowest BCUT2D eigenvalue weighted by molar-refractivity contribution is -0.00805. The number of aliphatic imine (C=N–C) groups is 1. The van der Waals surface area contributed by atoms with Crippen molar-refractivity contribution in [2.75, 3.05) is 45.9 Å². The number of morpholine rings is 1. The van der Waals surface area contributed by atoms with Crippen LogP contribution in [0.4, 0.5) is 0 Å². The molecule has 158 valence electrons. The maximum Gasteiger partial charge on any atom is 0.194 e. The molecule has 2 aliphatic carbocycles. The fourth-order valence-corrected chi connectivity index (χ4v) is 3.85. The second-order valence-electron chi connectivity index (χ2n) is 8.16. The first-order valence-electron chi connectivity index (χ1n) is 10.6. The zero-order valence-electron chi connectivity index (χ0n) is 17.2. The SMILES string of the molecule is CCNC(=NCCN(CC1CC1)C1CC1)N1CCOC(c2cnn(C)c2)C1.I. The minimum absolute atomic E-state index is 0. The highest BCUT2D eigenvalue weighted by molar-refractivity contribution is 14.0. The van der Waals surface area contributed by atoms with Crippen LogP contribution in [-0.2, 0) is 11.8 Å². The molecule has 1 aromatic rings. The number of rotatable bonds is 8. The van der Waals surface area contributed by atoms with Crippen molar-refractivity contribution in [2.45, 2.75) is 44.8 Å². The van der Waals surface area contributed by atoms with Crippen LogP contribution in [0.2, 0.25) is 0 Å². The zero-order valence-corrected chi connectivity index (χ0v) is 19.5. The Kier molecular flexibility index (Phi) is 7.99. The van der Waals surface area contributed by atoms with Crippen LogP contribution in [0.1, 0.15) is 44.3 Å². The lowest BCUT2D eigenvalue weighted by atomic mass is 10.1. The van der Waals surface area contributed by atoms with E-state index in [9.17, 15) is 0 Å². The van der Waals surface area contributed by atoms with Crippen LogP contribution in [0, 0.1) is 5.92 Å². The van der Waals surface area contributed by atoms with E-state index in [1.807, 2.05) is 24.1 Å². The zero-order chi connectivity index (χ0) is 18.6. The molecule has 2 saturated carbocycles. The van der Waals surface area contributed by atoms with Crippen LogP contribution in [0.5, 0.6) is 0 Å². The van der Waals surface area contributed by atoms with Crippen LogP contribution < -0.4 is 5.32 Å². The number of guanidine groups is 1. The van der Waals surface area contributed by atoms with Gasteiger partial charge in [0, 0.05) is 51.0 Å². The standard InChI is InChI=1S/C20H34N6O.HI/c1-3-21-20(22-8-9-25(18-6-7-18)13-16-4-5-16)26-10-11-27-19(15-26)17-12-23-24(2)14-17;/h12,14,16,18-19H,3-11,13,15H2,1-2H3,(H,21,22);1H. The van der Waals surface area contributed by atoms with Gasteiger partial charge in [-0.2, -0.15) is 5.10 Å². The van der Waals surface area contributed by atoms with E-state index in [2.05, 4.69) is 27.1 Å². The summed E-state index contributed by atoms with van der Waals surface area (Å²) in [6.07, 6.45) is 9.64. The van der Waals surface area contributed by atoms with E-state index in [-0.39, 0.29) is 30.1 Å². The van der Waals surface area contributed by atoms with Gasteiger partial charge in [-0.15, -0.1) is 24.0 Å². The number of halogens is 1. The van der Waals surface area contributed by atoms with Gasteiger partial charge in [-0.25, -0.2) is 0 Å². The first kappa shape index (κ1) is 21.8. The van der Waals surface area contributed by atoms with E-state index >= 15 is 0 Å². The summed E-state index contributed by atoms with van der Waals surface area (Å²) in [6.45, 7) is 8.72. The van der Waals surface area contributed by atoms with Gasteiger partial charge in [-0.1, -0.05) is 0 Å². The van der Waals surface area contributed by atoms with Gasteiger partial charge in [0.1, 0.15) is 6.10 Å². The number of hydrogen-bond donors (Lipinski definition) is 1. The quantitative estimate of drug-likeness (QED) is 0.336. The topological polar surface area (TPSA) is 57.9 Å². The number of aromatic nitrogens is 2. The van der Waals surface area contributed by atoms with Crippen molar-refractivity contribution in [3.05, 3.63) is 18.0 Å². The fraction of sp³-hybridized carbons (Fsp3) is 0.800. The lowest BCUT2D eigenvalue weighted by Crippen LogP contribution is -2.48. The van der Waals surface area contributed by atoms with Crippen LogP contribution in [0.15, 0.2) is 17.4 Å². The van der Waals surface area contributed by atoms with Gasteiger partial charge in [-0.3, -0.25) is 14.6 Å². The molecule has 1 aliphatic heterocycles. The number of nitrogens with one attached hydrogen (secondary N) is 1. The predicted molar refractivity (Wildman–Crippen MR) is 122 cm³/mol. The van der Waals surface area contributed by atoms with E-state index in [0.29, 0.717) is 0 Å². The number of ether oxygens (including phenoxy) is 1. The van der Waals surface area contributed by atoms with E-state index < -0.39 is 0 Å². The largest absolute Gasteiger partial charge is 0.370 e. The number of hydrogen-bond acceptors (Lipinski definition) is 4. The average Bonchev–Trinajstić information content (AvgIpc) is 3.60. The molecule has 3 fully saturated rings. The van der Waals surface area contributed by atoms with E-state index in [4.69, 9.17) is 9.73 Å². The third kappa shape index (κ3) is 6.06. The molecule has 1 atom stereocenters. The summed E-state index contributed by atoms with van der Waals surface area (Å²) in [5.41, 5.74) is 1.14. The summed E-state index contributed by atoms with van der Waals surface area (Å²) >= 11 is 0. The van der Waals surface area contributed by atoms with Gasteiger partial charge in [0.25, 0.3) is 0 Å². The molecule has 0 aromatic carbocycles. The van der Waals surface area contributed by atoms with Gasteiger partial charge in [0.15, 0.2) is 5.96 Å². The summed E-state index contributed by atoms with van der Waals surface area (Å²) in [7, 11) is 1.95. The first-order chi connectivity index (χ1) is 13.2. The van der Waals surface area contributed by atoms with Crippen molar-refractivity contribution >= 4 is 29.9 Å². The Morgan fingerprint density at radius 3 is 2.82 bits per heavy atom. The molecule has 0 amide bonds. The summed E-state index contributed by atoms with van der Waals surface area (Å²) in [6, 6.07) is 0.835. The Morgan fingerprint density at radius 1 is 1.36 bits per heavy atom. The Morgan fingerprint density at radius 2 is 2.18 bits per heavy atom. The normalized spacial score (nSPS) is 23.0. The fourth-order valence-electron chi connectivity index (χ4n) is 3.85. The highest BCUT2D eigenvalue weighted by Crippen LogP contribution is 2.34. The monoisotopic (exact) mass is 502 g/mol. The van der Waals surface area contributed by atoms with Crippen molar-refractivity contribution < 1.29 is 4.74 Å². The Bertz CT molecular complexity index is 642. The van der Waals surface area contributed by atoms with Crippen molar-refractivity contribution in [2.24, 2.45) is 18.0 Å². The summed E-state index contributed by atoms with van der Waals surface area (Å²) in [5.74, 6) is 1.99. The number of nitrogens with zero attached hydrogens (tertiary/aromatic N) is 5. The van der Waals surface area contributed by atoms with Crippen molar-refractivity contribution in [3.8, 4) is 0 Å². The molecule has 0 radical (unpaired) electrons. The highest BCUT2D eigenvalue weighted by Gasteiger charge is 2.33.